The Labute approximate surface area is 86.1 Å². The number of anilines is 1. The predicted molar refractivity (Wildman–Crippen MR) is 61.4 cm³/mol. The maximum atomic E-state index is 12.7. The Balaban J connectivity index is 0.000000791. The fourth-order valence-electron chi connectivity index (χ4n) is 0.825. The lowest BCUT2D eigenvalue weighted by Gasteiger charge is -2.02. The average Bonchev–Trinajstić information content (AvgIpc) is 2.14. The zero-order valence-corrected chi connectivity index (χ0v) is 9.75. The lowest BCUT2D eigenvalue weighted by Crippen LogP contribution is -2.08. The van der Waals surface area contributed by atoms with Gasteiger partial charge in [0.15, 0.2) is 0 Å². The van der Waals surface area contributed by atoms with Crippen molar-refractivity contribution in [3.05, 3.63) is 24.0 Å². The molecule has 1 N–H and O–H groups in total. The Morgan fingerprint density at radius 2 is 2.00 bits per heavy atom. The molecule has 1 aromatic rings. The quantitative estimate of drug-likeness (QED) is 0.715. The number of halogens is 1. The molecule has 1 rings (SSSR count). The van der Waals surface area contributed by atoms with Crippen molar-refractivity contribution in [3.63, 3.8) is 0 Å². The minimum absolute atomic E-state index is 0.161. The Morgan fingerprint density at radius 1 is 1.43 bits per heavy atom. The van der Waals surface area contributed by atoms with Gasteiger partial charge in [0.1, 0.15) is 5.82 Å². The Hall–Kier alpha value is -0.950. The van der Waals surface area contributed by atoms with Crippen LogP contribution in [0.25, 0.3) is 0 Å². The molecule has 0 aromatic heterocycles. The lowest BCUT2D eigenvalue weighted by molar-refractivity contribution is -0.114. The van der Waals surface area contributed by atoms with Crippen LogP contribution in [0.4, 0.5) is 10.1 Å². The SMILES string of the molecule is CC.CC(=O)Nc1ccc(F)c(P)c1. The molecule has 0 aliphatic heterocycles. The highest BCUT2D eigenvalue weighted by atomic mass is 31.0. The molecule has 1 atom stereocenters. The summed E-state index contributed by atoms with van der Waals surface area (Å²) in [5.74, 6) is -0.458. The number of carbonyl (C=O) groups excluding carboxylic acids is 1. The highest BCUT2D eigenvalue weighted by Crippen LogP contribution is 2.08. The Bertz CT molecular complexity index is 315. The van der Waals surface area contributed by atoms with Crippen LogP contribution in [-0.2, 0) is 4.79 Å². The van der Waals surface area contributed by atoms with Gasteiger partial charge in [0.2, 0.25) is 5.91 Å². The molecule has 0 fully saturated rings. The maximum Gasteiger partial charge on any atom is 0.221 e. The molecule has 0 spiro atoms. The van der Waals surface area contributed by atoms with E-state index in [1.54, 1.807) is 6.07 Å². The normalized spacial score (nSPS) is 8.64. The first-order valence-corrected chi connectivity index (χ1v) is 5.00. The zero-order valence-electron chi connectivity index (χ0n) is 8.60. The summed E-state index contributed by atoms with van der Waals surface area (Å²) in [5, 5.41) is 3.00. The van der Waals surface area contributed by atoms with E-state index < -0.39 is 0 Å². The van der Waals surface area contributed by atoms with Crippen LogP contribution in [0.5, 0.6) is 0 Å². The highest BCUT2D eigenvalue weighted by molar-refractivity contribution is 7.27. The summed E-state index contributed by atoms with van der Waals surface area (Å²) in [6.45, 7) is 5.41. The second-order valence-corrected chi connectivity index (χ2v) is 3.04. The van der Waals surface area contributed by atoms with Gasteiger partial charge in [-0.05, 0) is 18.2 Å². The summed E-state index contributed by atoms with van der Waals surface area (Å²) in [5.41, 5.74) is 0.605. The first-order valence-electron chi connectivity index (χ1n) is 4.42. The van der Waals surface area contributed by atoms with Gasteiger partial charge in [-0.1, -0.05) is 13.8 Å². The Morgan fingerprint density at radius 3 is 2.43 bits per heavy atom. The minimum atomic E-state index is -0.297. The van der Waals surface area contributed by atoms with Crippen LogP contribution in [0.1, 0.15) is 20.8 Å². The molecule has 1 aromatic carbocycles. The van der Waals surface area contributed by atoms with E-state index >= 15 is 0 Å². The van der Waals surface area contributed by atoms with Crippen molar-refractivity contribution < 1.29 is 9.18 Å². The third-order valence-corrected chi connectivity index (χ3v) is 1.76. The van der Waals surface area contributed by atoms with E-state index in [0.29, 0.717) is 11.0 Å². The van der Waals surface area contributed by atoms with E-state index in [2.05, 4.69) is 14.6 Å². The van der Waals surface area contributed by atoms with Crippen LogP contribution in [0.15, 0.2) is 18.2 Å². The van der Waals surface area contributed by atoms with Crippen molar-refractivity contribution in [2.45, 2.75) is 20.8 Å². The molecule has 1 unspecified atom stereocenters. The summed E-state index contributed by atoms with van der Waals surface area (Å²) in [7, 11) is 2.26. The van der Waals surface area contributed by atoms with Crippen LogP contribution in [0.2, 0.25) is 0 Å². The third-order valence-electron chi connectivity index (χ3n) is 1.32. The summed E-state index contributed by atoms with van der Waals surface area (Å²) < 4.78 is 12.7. The molecule has 0 bridgehead atoms. The van der Waals surface area contributed by atoms with Gasteiger partial charge in [-0.25, -0.2) is 4.39 Å². The van der Waals surface area contributed by atoms with Crippen molar-refractivity contribution in [1.29, 1.82) is 0 Å². The fraction of sp³-hybridized carbons (Fsp3) is 0.300. The molecule has 0 heterocycles. The topological polar surface area (TPSA) is 29.1 Å². The highest BCUT2D eigenvalue weighted by Gasteiger charge is 1.99. The van der Waals surface area contributed by atoms with Gasteiger partial charge in [0.05, 0.1) is 0 Å². The Kier molecular flexibility index (Phi) is 6.06. The molecule has 0 saturated carbocycles. The number of rotatable bonds is 1. The zero-order chi connectivity index (χ0) is 11.1. The second kappa shape index (κ2) is 6.50. The number of nitrogens with one attached hydrogen (secondary N) is 1. The number of hydrogen-bond acceptors (Lipinski definition) is 1. The molecule has 0 aliphatic rings. The number of amides is 1. The maximum absolute atomic E-state index is 12.7. The molecule has 14 heavy (non-hydrogen) atoms. The summed E-state index contributed by atoms with van der Waals surface area (Å²) in [6, 6.07) is 4.39. The van der Waals surface area contributed by atoms with E-state index in [0.717, 1.165) is 0 Å². The molecule has 78 valence electrons. The van der Waals surface area contributed by atoms with Gasteiger partial charge in [-0.15, -0.1) is 9.24 Å². The molecule has 0 aliphatic carbocycles. The van der Waals surface area contributed by atoms with Crippen LogP contribution >= 0.6 is 9.24 Å². The van der Waals surface area contributed by atoms with Crippen molar-refractivity contribution in [2.75, 3.05) is 5.32 Å². The van der Waals surface area contributed by atoms with Crippen molar-refractivity contribution >= 4 is 26.1 Å². The van der Waals surface area contributed by atoms with Gasteiger partial charge in [-0.2, -0.15) is 0 Å². The van der Waals surface area contributed by atoms with Gasteiger partial charge in [-0.3, -0.25) is 4.79 Å². The molecule has 2 nitrogen and oxygen atoms in total. The first-order chi connectivity index (χ1) is 6.59. The molecule has 4 heteroatoms. The van der Waals surface area contributed by atoms with E-state index in [9.17, 15) is 9.18 Å². The summed E-state index contributed by atoms with van der Waals surface area (Å²) >= 11 is 0. The van der Waals surface area contributed by atoms with E-state index in [1.807, 2.05) is 13.8 Å². The minimum Gasteiger partial charge on any atom is -0.326 e. The standard InChI is InChI=1S/C8H9FNOP.C2H6/c1-5(11)10-6-2-3-7(9)8(12)4-6;1-2/h2-4H,12H2,1H3,(H,10,11);1-2H3. The number of benzene rings is 1. The smallest absolute Gasteiger partial charge is 0.221 e. The van der Waals surface area contributed by atoms with Gasteiger partial charge < -0.3 is 5.32 Å². The number of hydrogen-bond donors (Lipinski definition) is 1. The van der Waals surface area contributed by atoms with E-state index in [-0.39, 0.29) is 11.7 Å². The molecule has 0 saturated heterocycles. The van der Waals surface area contributed by atoms with Gasteiger partial charge in [0.25, 0.3) is 0 Å². The molecule has 1 amide bonds. The molecular formula is C10H15FNOP. The van der Waals surface area contributed by atoms with Crippen molar-refractivity contribution in [3.8, 4) is 0 Å². The van der Waals surface area contributed by atoms with Crippen LogP contribution in [-0.4, -0.2) is 5.91 Å². The van der Waals surface area contributed by atoms with Crippen molar-refractivity contribution in [1.82, 2.24) is 0 Å². The summed E-state index contributed by atoms with van der Waals surface area (Å²) in [6.07, 6.45) is 0. The molecular weight excluding hydrogens is 200 g/mol. The monoisotopic (exact) mass is 215 g/mol. The first kappa shape index (κ1) is 13.1. The van der Waals surface area contributed by atoms with E-state index in [4.69, 9.17) is 0 Å². The van der Waals surface area contributed by atoms with Crippen LogP contribution in [0.3, 0.4) is 0 Å². The second-order valence-electron chi connectivity index (χ2n) is 2.42. The van der Waals surface area contributed by atoms with Gasteiger partial charge in [0, 0.05) is 17.9 Å². The summed E-state index contributed by atoms with van der Waals surface area (Å²) in [4.78, 5) is 10.6. The average molecular weight is 215 g/mol. The van der Waals surface area contributed by atoms with Gasteiger partial charge >= 0.3 is 0 Å². The lowest BCUT2D eigenvalue weighted by atomic mass is 10.3. The van der Waals surface area contributed by atoms with Crippen LogP contribution in [0, 0.1) is 5.82 Å². The van der Waals surface area contributed by atoms with Crippen LogP contribution < -0.4 is 10.6 Å². The largest absolute Gasteiger partial charge is 0.326 e. The molecule has 0 radical (unpaired) electrons. The number of carbonyl (C=O) groups is 1. The third kappa shape index (κ3) is 4.33. The predicted octanol–water partition coefficient (Wildman–Crippen LogP) is 2.31. The fourth-order valence-corrected chi connectivity index (χ4v) is 1.10. The van der Waals surface area contributed by atoms with Crippen molar-refractivity contribution in [2.24, 2.45) is 0 Å². The van der Waals surface area contributed by atoms with E-state index in [1.165, 1.54) is 19.1 Å².